The number of anilines is 1. The second kappa shape index (κ2) is 7.00. The fourth-order valence-electron chi connectivity index (χ4n) is 2.08. The second-order valence-corrected chi connectivity index (χ2v) is 4.80. The van der Waals surface area contributed by atoms with Gasteiger partial charge in [0.2, 0.25) is 0 Å². The summed E-state index contributed by atoms with van der Waals surface area (Å²) in [5, 5.41) is 3.47. The maximum Gasteiger partial charge on any atom is 0.120 e. The largest absolute Gasteiger partial charge is 0.468 e. The van der Waals surface area contributed by atoms with Crippen molar-refractivity contribution in [2.24, 2.45) is 0 Å². The van der Waals surface area contributed by atoms with Crippen LogP contribution in [0, 0.1) is 0 Å². The van der Waals surface area contributed by atoms with Gasteiger partial charge in [-0.15, -0.1) is 0 Å². The van der Waals surface area contributed by atoms with E-state index >= 15 is 0 Å². The van der Waals surface area contributed by atoms with Crippen molar-refractivity contribution in [2.45, 2.75) is 19.4 Å². The fraction of sp³-hybridized carbons (Fsp3) is 0.375. The van der Waals surface area contributed by atoms with Crippen molar-refractivity contribution in [3.8, 4) is 0 Å². The van der Waals surface area contributed by atoms with Gasteiger partial charge in [-0.05, 0) is 44.2 Å². The molecular weight excluding hydrogens is 236 g/mol. The molecule has 19 heavy (non-hydrogen) atoms. The van der Waals surface area contributed by atoms with Gasteiger partial charge in [0.05, 0.1) is 12.3 Å². The van der Waals surface area contributed by atoms with Gasteiger partial charge in [0, 0.05) is 19.3 Å². The Morgan fingerprint density at radius 3 is 2.63 bits per heavy atom. The minimum Gasteiger partial charge on any atom is -0.468 e. The summed E-state index contributed by atoms with van der Waals surface area (Å²) in [5.74, 6) is 0.997. The molecule has 0 aliphatic carbocycles. The van der Waals surface area contributed by atoms with Gasteiger partial charge in [-0.1, -0.05) is 18.2 Å². The zero-order valence-electron chi connectivity index (χ0n) is 11.7. The molecule has 1 unspecified atom stereocenters. The second-order valence-electron chi connectivity index (χ2n) is 4.80. The summed E-state index contributed by atoms with van der Waals surface area (Å²) in [6.45, 7) is 4.15. The average Bonchev–Trinajstić information content (AvgIpc) is 2.98. The van der Waals surface area contributed by atoms with E-state index in [1.54, 1.807) is 6.26 Å². The maximum absolute atomic E-state index is 5.37. The molecule has 1 atom stereocenters. The predicted octanol–water partition coefficient (Wildman–Crippen LogP) is 3.46. The lowest BCUT2D eigenvalue weighted by Crippen LogP contribution is -2.25. The number of furan rings is 1. The first-order valence-electron chi connectivity index (χ1n) is 6.80. The third kappa shape index (κ3) is 4.14. The van der Waals surface area contributed by atoms with Crippen molar-refractivity contribution in [1.29, 1.82) is 0 Å². The molecule has 0 radical (unpaired) electrons. The third-order valence-electron chi connectivity index (χ3n) is 3.29. The van der Waals surface area contributed by atoms with Crippen molar-refractivity contribution in [2.75, 3.05) is 25.0 Å². The lowest BCUT2D eigenvalue weighted by Gasteiger charge is -2.19. The van der Waals surface area contributed by atoms with Crippen molar-refractivity contribution in [3.63, 3.8) is 0 Å². The number of nitrogens with one attached hydrogen (secondary N) is 1. The van der Waals surface area contributed by atoms with E-state index in [0.29, 0.717) is 0 Å². The molecule has 1 aromatic carbocycles. The van der Waals surface area contributed by atoms with Crippen molar-refractivity contribution in [3.05, 3.63) is 54.5 Å². The third-order valence-corrected chi connectivity index (χ3v) is 3.29. The van der Waals surface area contributed by atoms with Gasteiger partial charge in [-0.3, -0.25) is 0 Å². The molecular formula is C16H22N2O. The molecule has 3 heteroatoms. The molecule has 1 heterocycles. The Balaban J connectivity index is 1.67. The monoisotopic (exact) mass is 258 g/mol. The van der Waals surface area contributed by atoms with E-state index in [0.717, 1.165) is 25.3 Å². The Morgan fingerprint density at radius 1 is 1.16 bits per heavy atom. The minimum absolute atomic E-state index is 0.275. The summed E-state index contributed by atoms with van der Waals surface area (Å²) in [6, 6.07) is 14.7. The number of hydrogen-bond acceptors (Lipinski definition) is 3. The summed E-state index contributed by atoms with van der Waals surface area (Å²) < 4.78 is 5.37. The number of nitrogens with zero attached hydrogens (tertiary/aromatic N) is 1. The van der Waals surface area contributed by atoms with Gasteiger partial charge in [0.1, 0.15) is 5.76 Å². The standard InChI is InChI=1S/C16H22N2O/c1-14(16-10-6-13-19-16)17-11-7-12-18(2)15-8-4-3-5-9-15/h3-6,8-10,13-14,17H,7,11-12H2,1-2H3. The van der Waals surface area contributed by atoms with Gasteiger partial charge in [0.15, 0.2) is 0 Å². The Kier molecular flexibility index (Phi) is 5.04. The Hall–Kier alpha value is -1.74. The summed E-state index contributed by atoms with van der Waals surface area (Å²) in [7, 11) is 2.13. The van der Waals surface area contributed by atoms with Crippen LogP contribution in [0.1, 0.15) is 25.1 Å². The van der Waals surface area contributed by atoms with Crippen LogP contribution >= 0.6 is 0 Å². The van der Waals surface area contributed by atoms with Crippen molar-refractivity contribution in [1.82, 2.24) is 5.32 Å². The van der Waals surface area contributed by atoms with Gasteiger partial charge >= 0.3 is 0 Å². The molecule has 1 N–H and O–H groups in total. The topological polar surface area (TPSA) is 28.4 Å². The zero-order chi connectivity index (χ0) is 13.5. The average molecular weight is 258 g/mol. The molecule has 0 aliphatic rings. The van der Waals surface area contributed by atoms with Crippen LogP contribution in [0.25, 0.3) is 0 Å². The van der Waals surface area contributed by atoms with Gasteiger partial charge in [0.25, 0.3) is 0 Å². The maximum atomic E-state index is 5.37. The van der Waals surface area contributed by atoms with Gasteiger partial charge in [-0.25, -0.2) is 0 Å². The number of para-hydroxylation sites is 1. The van der Waals surface area contributed by atoms with E-state index in [4.69, 9.17) is 4.42 Å². The first kappa shape index (κ1) is 13.7. The molecule has 0 aliphatic heterocycles. The first-order chi connectivity index (χ1) is 9.27. The van der Waals surface area contributed by atoms with Crippen molar-refractivity contribution >= 4 is 5.69 Å². The molecule has 0 spiro atoms. The van der Waals surface area contributed by atoms with Gasteiger partial charge < -0.3 is 14.6 Å². The van der Waals surface area contributed by atoms with Crippen LogP contribution in [-0.4, -0.2) is 20.1 Å². The highest BCUT2D eigenvalue weighted by atomic mass is 16.3. The predicted molar refractivity (Wildman–Crippen MR) is 79.5 cm³/mol. The van der Waals surface area contributed by atoms with Crippen molar-refractivity contribution < 1.29 is 4.42 Å². The Bertz CT molecular complexity index is 453. The molecule has 2 rings (SSSR count). The molecule has 0 amide bonds. The van der Waals surface area contributed by atoms with Crippen LogP contribution in [0.15, 0.2) is 53.1 Å². The highest BCUT2D eigenvalue weighted by molar-refractivity contribution is 5.44. The zero-order valence-corrected chi connectivity index (χ0v) is 11.7. The summed E-state index contributed by atoms with van der Waals surface area (Å²) in [4.78, 5) is 2.28. The Morgan fingerprint density at radius 2 is 1.95 bits per heavy atom. The van der Waals surface area contributed by atoms with Crippen LogP contribution in [0.5, 0.6) is 0 Å². The lowest BCUT2D eigenvalue weighted by atomic mass is 10.2. The lowest BCUT2D eigenvalue weighted by molar-refractivity contribution is 0.429. The smallest absolute Gasteiger partial charge is 0.120 e. The molecule has 0 fully saturated rings. The molecule has 3 nitrogen and oxygen atoms in total. The normalized spacial score (nSPS) is 12.3. The SMILES string of the molecule is CC(NCCCN(C)c1ccccc1)c1ccco1. The van der Waals surface area contributed by atoms with Crippen LogP contribution < -0.4 is 10.2 Å². The van der Waals surface area contributed by atoms with E-state index in [1.165, 1.54) is 5.69 Å². The van der Waals surface area contributed by atoms with Crippen LogP contribution in [0.2, 0.25) is 0 Å². The van der Waals surface area contributed by atoms with E-state index in [1.807, 2.05) is 18.2 Å². The number of rotatable bonds is 7. The van der Waals surface area contributed by atoms with E-state index in [-0.39, 0.29) is 6.04 Å². The summed E-state index contributed by atoms with van der Waals surface area (Å²) in [6.07, 6.45) is 2.83. The van der Waals surface area contributed by atoms with Crippen LogP contribution in [0.3, 0.4) is 0 Å². The highest BCUT2D eigenvalue weighted by Gasteiger charge is 2.06. The molecule has 0 bridgehead atoms. The van der Waals surface area contributed by atoms with E-state index < -0.39 is 0 Å². The quantitative estimate of drug-likeness (QED) is 0.771. The van der Waals surface area contributed by atoms with Crippen LogP contribution in [-0.2, 0) is 0 Å². The van der Waals surface area contributed by atoms with Gasteiger partial charge in [-0.2, -0.15) is 0 Å². The molecule has 2 aromatic rings. The minimum atomic E-state index is 0.275. The summed E-state index contributed by atoms with van der Waals surface area (Å²) >= 11 is 0. The molecule has 0 saturated heterocycles. The number of benzene rings is 1. The number of hydrogen-bond donors (Lipinski definition) is 1. The molecule has 102 valence electrons. The fourth-order valence-corrected chi connectivity index (χ4v) is 2.08. The summed E-state index contributed by atoms with van der Waals surface area (Å²) in [5.41, 5.74) is 1.27. The highest BCUT2D eigenvalue weighted by Crippen LogP contribution is 2.13. The first-order valence-corrected chi connectivity index (χ1v) is 6.80. The molecule has 0 saturated carbocycles. The van der Waals surface area contributed by atoms with E-state index in [2.05, 4.69) is 48.5 Å². The van der Waals surface area contributed by atoms with E-state index in [9.17, 15) is 0 Å². The molecule has 1 aromatic heterocycles. The Labute approximate surface area is 115 Å². The van der Waals surface area contributed by atoms with Crippen LogP contribution in [0.4, 0.5) is 5.69 Å².